The van der Waals surface area contributed by atoms with E-state index in [9.17, 15) is 4.79 Å². The van der Waals surface area contributed by atoms with Crippen LogP contribution in [0.4, 0.5) is 0 Å². The SMILES string of the molecule is CCC(C(=O)O)c1cnc(OC)s1. The molecule has 0 radical (unpaired) electrons. The molecule has 0 saturated carbocycles. The number of aliphatic carboxylic acids is 1. The van der Waals surface area contributed by atoms with Gasteiger partial charge >= 0.3 is 5.97 Å². The molecule has 13 heavy (non-hydrogen) atoms. The first-order valence-corrected chi connectivity index (χ1v) is 4.73. The summed E-state index contributed by atoms with van der Waals surface area (Å²) < 4.78 is 4.88. The van der Waals surface area contributed by atoms with E-state index in [4.69, 9.17) is 9.84 Å². The van der Waals surface area contributed by atoms with Crippen molar-refractivity contribution in [2.75, 3.05) is 7.11 Å². The quantitative estimate of drug-likeness (QED) is 0.805. The minimum Gasteiger partial charge on any atom is -0.481 e. The number of aromatic nitrogens is 1. The van der Waals surface area contributed by atoms with Crippen molar-refractivity contribution in [2.24, 2.45) is 0 Å². The van der Waals surface area contributed by atoms with Gasteiger partial charge in [0.15, 0.2) is 0 Å². The Morgan fingerprint density at radius 3 is 2.92 bits per heavy atom. The smallest absolute Gasteiger partial charge is 0.311 e. The Labute approximate surface area is 80.2 Å². The molecule has 0 bridgehead atoms. The van der Waals surface area contributed by atoms with Crippen LogP contribution in [0.2, 0.25) is 0 Å². The summed E-state index contributed by atoms with van der Waals surface area (Å²) in [6, 6.07) is 0. The number of hydrogen-bond acceptors (Lipinski definition) is 4. The van der Waals surface area contributed by atoms with E-state index < -0.39 is 11.9 Å². The molecule has 1 aromatic rings. The normalized spacial score (nSPS) is 12.5. The molecular weight excluding hydrogens is 190 g/mol. The fourth-order valence-corrected chi connectivity index (χ4v) is 1.93. The molecule has 72 valence electrons. The zero-order chi connectivity index (χ0) is 9.84. The van der Waals surface area contributed by atoms with Crippen LogP contribution in [-0.2, 0) is 4.79 Å². The number of nitrogens with zero attached hydrogens (tertiary/aromatic N) is 1. The van der Waals surface area contributed by atoms with Crippen molar-refractivity contribution in [3.8, 4) is 5.19 Å². The number of thiazole rings is 1. The molecule has 1 unspecified atom stereocenters. The van der Waals surface area contributed by atoms with Gasteiger partial charge in [-0.05, 0) is 6.42 Å². The van der Waals surface area contributed by atoms with Gasteiger partial charge in [0.05, 0.1) is 13.0 Å². The van der Waals surface area contributed by atoms with Crippen molar-refractivity contribution in [3.05, 3.63) is 11.1 Å². The van der Waals surface area contributed by atoms with E-state index in [1.54, 1.807) is 6.20 Å². The molecule has 0 saturated heterocycles. The van der Waals surface area contributed by atoms with Gasteiger partial charge in [-0.15, -0.1) is 0 Å². The predicted molar refractivity (Wildman–Crippen MR) is 49.3 cm³/mol. The van der Waals surface area contributed by atoms with Crippen LogP contribution < -0.4 is 4.74 Å². The Morgan fingerprint density at radius 2 is 2.54 bits per heavy atom. The van der Waals surface area contributed by atoms with Crippen molar-refractivity contribution in [1.29, 1.82) is 0 Å². The van der Waals surface area contributed by atoms with Gasteiger partial charge in [0.25, 0.3) is 5.19 Å². The molecule has 1 N–H and O–H groups in total. The second kappa shape index (κ2) is 4.23. The van der Waals surface area contributed by atoms with Crippen LogP contribution in [0.5, 0.6) is 5.19 Å². The summed E-state index contributed by atoms with van der Waals surface area (Å²) >= 11 is 1.28. The van der Waals surface area contributed by atoms with E-state index in [-0.39, 0.29) is 0 Å². The topological polar surface area (TPSA) is 59.4 Å². The predicted octanol–water partition coefficient (Wildman–Crippen LogP) is 1.73. The van der Waals surface area contributed by atoms with Crippen LogP contribution in [-0.4, -0.2) is 23.2 Å². The monoisotopic (exact) mass is 201 g/mol. The Hall–Kier alpha value is -1.10. The van der Waals surface area contributed by atoms with Crippen molar-refractivity contribution < 1.29 is 14.6 Å². The van der Waals surface area contributed by atoms with Crippen molar-refractivity contribution >= 4 is 17.3 Å². The van der Waals surface area contributed by atoms with Gasteiger partial charge in [-0.3, -0.25) is 4.79 Å². The molecular formula is C8H11NO3S. The Morgan fingerprint density at radius 1 is 1.85 bits per heavy atom. The van der Waals surface area contributed by atoms with E-state index in [0.717, 1.165) is 4.88 Å². The molecule has 1 atom stereocenters. The molecule has 5 heteroatoms. The van der Waals surface area contributed by atoms with Crippen molar-refractivity contribution in [1.82, 2.24) is 4.98 Å². The molecule has 0 aliphatic carbocycles. The van der Waals surface area contributed by atoms with Crippen molar-refractivity contribution in [3.63, 3.8) is 0 Å². The van der Waals surface area contributed by atoms with Gasteiger partial charge in [-0.1, -0.05) is 18.3 Å². The fourth-order valence-electron chi connectivity index (χ4n) is 1.02. The number of carboxylic acids is 1. The lowest BCUT2D eigenvalue weighted by atomic mass is 10.1. The summed E-state index contributed by atoms with van der Waals surface area (Å²) in [7, 11) is 1.52. The van der Waals surface area contributed by atoms with E-state index in [1.165, 1.54) is 18.4 Å². The van der Waals surface area contributed by atoms with Crippen LogP contribution >= 0.6 is 11.3 Å². The summed E-state index contributed by atoms with van der Waals surface area (Å²) in [5.74, 6) is -1.27. The minimum absolute atomic E-state index is 0.457. The van der Waals surface area contributed by atoms with Crippen molar-refractivity contribution in [2.45, 2.75) is 19.3 Å². The molecule has 0 aliphatic heterocycles. The highest BCUT2D eigenvalue weighted by Crippen LogP contribution is 2.29. The molecule has 0 amide bonds. The van der Waals surface area contributed by atoms with Gasteiger partial charge in [0, 0.05) is 11.1 Å². The van der Waals surface area contributed by atoms with Crippen LogP contribution in [0.15, 0.2) is 6.20 Å². The van der Waals surface area contributed by atoms with Crippen LogP contribution in [0, 0.1) is 0 Å². The summed E-state index contributed by atoms with van der Waals surface area (Å²) in [5.41, 5.74) is 0. The van der Waals surface area contributed by atoms with Crippen LogP contribution in [0.25, 0.3) is 0 Å². The lowest BCUT2D eigenvalue weighted by molar-refractivity contribution is -0.138. The molecule has 0 aliphatic rings. The zero-order valence-electron chi connectivity index (χ0n) is 7.48. The molecule has 1 heterocycles. The third-order valence-electron chi connectivity index (χ3n) is 1.73. The van der Waals surface area contributed by atoms with E-state index in [1.807, 2.05) is 6.92 Å². The standard InChI is InChI=1S/C8H11NO3S/c1-3-5(7(10)11)6-4-9-8(12-2)13-6/h4-5H,3H2,1-2H3,(H,10,11). The first-order valence-electron chi connectivity index (χ1n) is 3.91. The maximum absolute atomic E-state index is 10.8. The lowest BCUT2D eigenvalue weighted by Crippen LogP contribution is -2.08. The third-order valence-corrected chi connectivity index (χ3v) is 2.80. The zero-order valence-corrected chi connectivity index (χ0v) is 8.30. The van der Waals surface area contributed by atoms with E-state index >= 15 is 0 Å². The summed E-state index contributed by atoms with van der Waals surface area (Å²) in [6.07, 6.45) is 2.13. The fraction of sp³-hybridized carbons (Fsp3) is 0.500. The minimum atomic E-state index is -0.811. The third kappa shape index (κ3) is 2.18. The highest BCUT2D eigenvalue weighted by atomic mass is 32.1. The molecule has 0 aromatic carbocycles. The second-order valence-corrected chi connectivity index (χ2v) is 3.56. The maximum atomic E-state index is 10.8. The van der Waals surface area contributed by atoms with Gasteiger partial charge < -0.3 is 9.84 Å². The summed E-state index contributed by atoms with van der Waals surface area (Å²) in [6.45, 7) is 1.84. The van der Waals surface area contributed by atoms with E-state index in [2.05, 4.69) is 4.98 Å². The molecule has 0 fully saturated rings. The first kappa shape index (κ1) is 9.98. The molecule has 1 aromatic heterocycles. The Kier molecular flexibility index (Phi) is 3.25. The average molecular weight is 201 g/mol. The largest absolute Gasteiger partial charge is 0.481 e. The molecule has 4 nitrogen and oxygen atoms in total. The van der Waals surface area contributed by atoms with Gasteiger partial charge in [0.2, 0.25) is 0 Å². The number of methoxy groups -OCH3 is 1. The average Bonchev–Trinajstić information content (AvgIpc) is 2.53. The van der Waals surface area contributed by atoms with Crippen LogP contribution in [0.1, 0.15) is 24.1 Å². The molecule has 1 rings (SSSR count). The maximum Gasteiger partial charge on any atom is 0.311 e. The second-order valence-electron chi connectivity index (χ2n) is 2.53. The number of carbonyl (C=O) groups is 1. The first-order chi connectivity index (χ1) is 6.19. The van der Waals surface area contributed by atoms with Crippen LogP contribution in [0.3, 0.4) is 0 Å². The van der Waals surface area contributed by atoms with E-state index in [0.29, 0.717) is 11.6 Å². The van der Waals surface area contributed by atoms with Gasteiger partial charge in [0.1, 0.15) is 0 Å². The number of carboxylic acid groups (broad SMARTS) is 1. The highest BCUT2D eigenvalue weighted by Gasteiger charge is 2.20. The number of hydrogen-bond donors (Lipinski definition) is 1. The molecule has 0 spiro atoms. The number of ether oxygens (including phenoxy) is 1. The summed E-state index contributed by atoms with van der Waals surface area (Å²) in [4.78, 5) is 15.4. The highest BCUT2D eigenvalue weighted by molar-refractivity contribution is 7.13. The Bertz CT molecular complexity index is 297. The van der Waals surface area contributed by atoms with Gasteiger partial charge in [-0.2, -0.15) is 0 Å². The number of rotatable bonds is 4. The van der Waals surface area contributed by atoms with Gasteiger partial charge in [-0.25, -0.2) is 4.98 Å². The Balaban J connectivity index is 2.85. The summed E-state index contributed by atoms with van der Waals surface area (Å²) in [5, 5.41) is 9.36. The lowest BCUT2D eigenvalue weighted by Gasteiger charge is -2.04.